The van der Waals surface area contributed by atoms with Crippen LogP contribution in [-0.2, 0) is 17.8 Å². The average molecular weight is 458 g/mol. The Balaban J connectivity index is 1.47. The first kappa shape index (κ1) is 20.8. The van der Waals surface area contributed by atoms with Gasteiger partial charge in [0, 0.05) is 45.8 Å². The molecule has 7 heteroatoms. The van der Waals surface area contributed by atoms with Gasteiger partial charge in [-0.15, -0.1) is 0 Å². The molecular weight excluding hydrogens is 433 g/mol. The number of nitrogens with zero attached hydrogens (tertiary/aromatic N) is 2. The number of rotatable bonds is 4. The summed E-state index contributed by atoms with van der Waals surface area (Å²) < 4.78 is 0. The van der Waals surface area contributed by atoms with Crippen LogP contribution in [-0.4, -0.2) is 52.0 Å². The molecule has 2 N–H and O–H groups in total. The van der Waals surface area contributed by atoms with Crippen molar-refractivity contribution in [3.63, 3.8) is 0 Å². The third kappa shape index (κ3) is 3.64. The molecule has 3 aromatic rings. The van der Waals surface area contributed by atoms with Crippen molar-refractivity contribution in [1.82, 2.24) is 14.8 Å². The van der Waals surface area contributed by atoms with E-state index in [1.165, 1.54) is 10.9 Å². The van der Waals surface area contributed by atoms with Crippen LogP contribution >= 0.6 is 23.2 Å². The van der Waals surface area contributed by atoms with Crippen molar-refractivity contribution in [2.45, 2.75) is 31.5 Å². The Labute approximate surface area is 191 Å². The number of halogens is 2. The summed E-state index contributed by atoms with van der Waals surface area (Å²) in [6, 6.07) is 13.7. The first-order valence-electron chi connectivity index (χ1n) is 10.6. The Morgan fingerprint density at radius 3 is 2.68 bits per heavy atom. The van der Waals surface area contributed by atoms with Crippen molar-refractivity contribution in [3.8, 4) is 0 Å². The molecule has 1 saturated heterocycles. The molecule has 0 saturated carbocycles. The molecule has 0 aliphatic carbocycles. The van der Waals surface area contributed by atoms with Crippen LogP contribution in [0.15, 0.2) is 42.5 Å². The Morgan fingerprint density at radius 2 is 1.94 bits per heavy atom. The summed E-state index contributed by atoms with van der Waals surface area (Å²) in [6.07, 6.45) is 1.60. The highest BCUT2D eigenvalue weighted by atomic mass is 35.5. The van der Waals surface area contributed by atoms with E-state index in [0.717, 1.165) is 29.6 Å². The van der Waals surface area contributed by atoms with Gasteiger partial charge in [0.1, 0.15) is 0 Å². The van der Waals surface area contributed by atoms with Gasteiger partial charge < -0.3 is 15.0 Å². The molecule has 2 aliphatic heterocycles. The van der Waals surface area contributed by atoms with Crippen molar-refractivity contribution in [1.29, 1.82) is 0 Å². The van der Waals surface area contributed by atoms with Crippen LogP contribution in [0.4, 0.5) is 0 Å². The second-order valence-corrected chi connectivity index (χ2v) is 9.52. The summed E-state index contributed by atoms with van der Waals surface area (Å²) in [6.45, 7) is 1.13. The molecule has 1 unspecified atom stereocenters. The number of para-hydroxylation sites is 1. The molecule has 5 nitrogen and oxygen atoms in total. The van der Waals surface area contributed by atoms with Crippen LogP contribution in [0.3, 0.4) is 0 Å². The minimum atomic E-state index is -0.443. The molecule has 1 fully saturated rings. The molecule has 3 atom stereocenters. The predicted molar refractivity (Wildman–Crippen MR) is 123 cm³/mol. The van der Waals surface area contributed by atoms with Crippen molar-refractivity contribution in [3.05, 3.63) is 69.3 Å². The molecule has 0 bridgehead atoms. The van der Waals surface area contributed by atoms with E-state index >= 15 is 0 Å². The van der Waals surface area contributed by atoms with E-state index in [1.54, 1.807) is 6.07 Å². The highest BCUT2D eigenvalue weighted by Gasteiger charge is 2.46. The van der Waals surface area contributed by atoms with Gasteiger partial charge in [0.15, 0.2) is 0 Å². The molecule has 5 rings (SSSR count). The minimum absolute atomic E-state index is 0.0122. The van der Waals surface area contributed by atoms with E-state index in [1.807, 2.05) is 30.1 Å². The van der Waals surface area contributed by atoms with Crippen LogP contribution in [0.25, 0.3) is 10.9 Å². The van der Waals surface area contributed by atoms with Gasteiger partial charge in [-0.05, 0) is 55.3 Å². The molecular formula is C24H25Cl2N3O2. The van der Waals surface area contributed by atoms with Crippen LogP contribution in [0.1, 0.15) is 29.3 Å². The molecule has 3 heterocycles. The molecule has 1 amide bonds. The number of aliphatic hydroxyl groups is 1. The van der Waals surface area contributed by atoms with Gasteiger partial charge in [-0.25, -0.2) is 0 Å². The lowest BCUT2D eigenvalue weighted by atomic mass is 9.81. The molecule has 1 aromatic heterocycles. The predicted octanol–water partition coefficient (Wildman–Crippen LogP) is 4.41. The Hall–Kier alpha value is -2.05. The standard InChI is InChI=1S/C24H25Cl2N3O2/c1-28(12-14-8-15(25)10-16(26)9-14)21-11-22-23-18(17-4-2-3-5-20(17)27-23)6-7-29(22)24(31)19(21)13-30/h2-5,8-10,19,21-22,27,30H,6-7,11-13H2,1H3/t19-,21-,22?/m0/s1. The number of fused-ring (bicyclic) bond motifs is 5. The van der Waals surface area contributed by atoms with Gasteiger partial charge in [0.2, 0.25) is 5.91 Å². The summed E-state index contributed by atoms with van der Waals surface area (Å²) in [5.41, 5.74) is 4.56. The van der Waals surface area contributed by atoms with Gasteiger partial charge in [-0.3, -0.25) is 9.69 Å². The number of carbonyl (C=O) groups is 1. The zero-order valence-corrected chi connectivity index (χ0v) is 18.8. The van der Waals surface area contributed by atoms with Gasteiger partial charge >= 0.3 is 0 Å². The van der Waals surface area contributed by atoms with Crippen molar-refractivity contribution in [2.75, 3.05) is 20.2 Å². The Morgan fingerprint density at radius 1 is 1.19 bits per heavy atom. The van der Waals surface area contributed by atoms with E-state index < -0.39 is 5.92 Å². The number of aromatic amines is 1. The summed E-state index contributed by atoms with van der Waals surface area (Å²) in [5.74, 6) is -0.411. The SMILES string of the molecule is CN(Cc1cc(Cl)cc(Cl)c1)[C@H]1CC2c3[nH]c4ccccc4c3CCN2C(=O)[C@H]1CO. The second-order valence-electron chi connectivity index (χ2n) is 8.65. The van der Waals surface area contributed by atoms with E-state index in [2.05, 4.69) is 28.1 Å². The summed E-state index contributed by atoms with van der Waals surface area (Å²) in [5, 5.41) is 12.5. The number of piperidine rings is 1. The molecule has 162 valence electrons. The molecule has 2 aliphatic rings. The van der Waals surface area contributed by atoms with Gasteiger partial charge in [0.25, 0.3) is 0 Å². The molecule has 2 aromatic carbocycles. The fourth-order valence-electron chi connectivity index (χ4n) is 5.39. The van der Waals surface area contributed by atoms with Crippen molar-refractivity contribution >= 4 is 40.0 Å². The summed E-state index contributed by atoms with van der Waals surface area (Å²) >= 11 is 12.4. The quantitative estimate of drug-likeness (QED) is 0.609. The maximum absolute atomic E-state index is 13.4. The normalized spacial score (nSPS) is 23.3. The molecule has 0 spiro atoms. The topological polar surface area (TPSA) is 59.6 Å². The van der Waals surface area contributed by atoms with E-state index in [-0.39, 0.29) is 24.6 Å². The highest BCUT2D eigenvalue weighted by Crippen LogP contribution is 2.42. The fraction of sp³-hybridized carbons (Fsp3) is 0.375. The van der Waals surface area contributed by atoms with Crippen molar-refractivity contribution < 1.29 is 9.90 Å². The number of hydrogen-bond acceptors (Lipinski definition) is 3. The second kappa shape index (κ2) is 8.14. The van der Waals surface area contributed by atoms with Crippen LogP contribution in [0.2, 0.25) is 10.0 Å². The third-order valence-corrected chi connectivity index (χ3v) is 7.24. The van der Waals surface area contributed by atoms with Crippen molar-refractivity contribution in [2.24, 2.45) is 5.92 Å². The lowest BCUT2D eigenvalue weighted by molar-refractivity contribution is -0.149. The number of benzene rings is 2. The lowest BCUT2D eigenvalue weighted by Gasteiger charge is -2.47. The number of hydrogen-bond donors (Lipinski definition) is 2. The third-order valence-electron chi connectivity index (χ3n) is 6.81. The monoisotopic (exact) mass is 457 g/mol. The zero-order chi connectivity index (χ0) is 21.7. The number of H-pyrrole nitrogens is 1. The first-order chi connectivity index (χ1) is 15.0. The minimum Gasteiger partial charge on any atom is -0.395 e. The number of carbonyl (C=O) groups excluding carboxylic acids is 1. The zero-order valence-electron chi connectivity index (χ0n) is 17.3. The van der Waals surface area contributed by atoms with E-state index in [4.69, 9.17) is 23.2 Å². The van der Waals surface area contributed by atoms with Crippen LogP contribution in [0, 0.1) is 5.92 Å². The average Bonchev–Trinajstić information content (AvgIpc) is 3.12. The number of aliphatic hydroxyl groups excluding tert-OH is 1. The fourth-order valence-corrected chi connectivity index (χ4v) is 5.96. The van der Waals surface area contributed by atoms with E-state index in [9.17, 15) is 9.90 Å². The summed E-state index contributed by atoms with van der Waals surface area (Å²) in [7, 11) is 2.00. The maximum Gasteiger partial charge on any atom is 0.230 e. The van der Waals surface area contributed by atoms with Gasteiger partial charge in [-0.2, -0.15) is 0 Å². The smallest absolute Gasteiger partial charge is 0.230 e. The highest BCUT2D eigenvalue weighted by molar-refractivity contribution is 6.34. The molecule has 31 heavy (non-hydrogen) atoms. The maximum atomic E-state index is 13.4. The Bertz CT molecular complexity index is 1120. The van der Waals surface area contributed by atoms with Crippen LogP contribution < -0.4 is 0 Å². The number of nitrogens with one attached hydrogen (secondary N) is 1. The first-order valence-corrected chi connectivity index (χ1v) is 11.4. The van der Waals surface area contributed by atoms with Gasteiger partial charge in [-0.1, -0.05) is 41.4 Å². The van der Waals surface area contributed by atoms with Crippen LogP contribution in [0.5, 0.6) is 0 Å². The van der Waals surface area contributed by atoms with Gasteiger partial charge in [0.05, 0.1) is 18.6 Å². The molecule has 0 radical (unpaired) electrons. The largest absolute Gasteiger partial charge is 0.395 e. The summed E-state index contributed by atoms with van der Waals surface area (Å²) in [4.78, 5) is 21.1. The number of aromatic nitrogens is 1. The number of amides is 1. The Kier molecular flexibility index (Phi) is 5.47. The lowest BCUT2D eigenvalue weighted by Crippen LogP contribution is -2.57. The van der Waals surface area contributed by atoms with E-state index in [0.29, 0.717) is 23.1 Å².